The molecule has 1 aliphatic heterocycles. The number of carbonyl (C=O) groups is 1. The second-order valence-corrected chi connectivity index (χ2v) is 5.19. The van der Waals surface area contributed by atoms with E-state index in [1.807, 2.05) is 20.2 Å². The maximum Gasteiger partial charge on any atom is 0.231 e. The van der Waals surface area contributed by atoms with Gasteiger partial charge in [-0.15, -0.1) is 0 Å². The number of hydrogen-bond acceptors (Lipinski definition) is 3. The quantitative estimate of drug-likeness (QED) is 0.821. The third-order valence-electron chi connectivity index (χ3n) is 3.82. The van der Waals surface area contributed by atoms with Crippen LogP contribution in [0.3, 0.4) is 0 Å². The molecule has 19 heavy (non-hydrogen) atoms. The molecule has 0 fully saturated rings. The summed E-state index contributed by atoms with van der Waals surface area (Å²) < 4.78 is 0. The molecule has 1 aromatic rings. The van der Waals surface area contributed by atoms with Gasteiger partial charge in [-0.2, -0.15) is 0 Å². The molecule has 4 heteroatoms. The van der Waals surface area contributed by atoms with Crippen LogP contribution < -0.4 is 15.5 Å². The van der Waals surface area contributed by atoms with E-state index in [1.54, 1.807) is 4.90 Å². The van der Waals surface area contributed by atoms with Crippen molar-refractivity contribution in [2.24, 2.45) is 5.92 Å². The molecule has 1 amide bonds. The van der Waals surface area contributed by atoms with Crippen molar-refractivity contribution in [3.63, 3.8) is 0 Å². The lowest BCUT2D eigenvalue weighted by Crippen LogP contribution is -2.24. The van der Waals surface area contributed by atoms with Crippen LogP contribution in [-0.2, 0) is 11.2 Å². The normalized spacial score (nSPS) is 15.5. The molecular formula is C15H23N3O. The van der Waals surface area contributed by atoms with Crippen LogP contribution in [-0.4, -0.2) is 33.1 Å². The van der Waals surface area contributed by atoms with Crippen LogP contribution >= 0.6 is 0 Å². The maximum atomic E-state index is 11.6. The Labute approximate surface area is 115 Å². The minimum absolute atomic E-state index is 0.175. The topological polar surface area (TPSA) is 44.4 Å². The van der Waals surface area contributed by atoms with E-state index in [9.17, 15) is 4.79 Å². The summed E-state index contributed by atoms with van der Waals surface area (Å²) in [5.41, 5.74) is 3.27. The summed E-state index contributed by atoms with van der Waals surface area (Å²) in [4.78, 5) is 13.4. The summed E-state index contributed by atoms with van der Waals surface area (Å²) in [7, 11) is 3.82. The average Bonchev–Trinajstić information content (AvgIpc) is 2.69. The van der Waals surface area contributed by atoms with Gasteiger partial charge in [0.1, 0.15) is 0 Å². The fraction of sp³-hybridized carbons (Fsp3) is 0.533. The van der Waals surface area contributed by atoms with Gasteiger partial charge in [-0.25, -0.2) is 0 Å². The molecule has 4 nitrogen and oxygen atoms in total. The van der Waals surface area contributed by atoms with E-state index >= 15 is 0 Å². The van der Waals surface area contributed by atoms with Crippen LogP contribution in [0, 0.1) is 5.92 Å². The molecule has 2 N–H and O–H groups in total. The molecule has 1 aromatic carbocycles. The van der Waals surface area contributed by atoms with Crippen molar-refractivity contribution in [2.45, 2.75) is 19.8 Å². The molecule has 0 saturated carbocycles. The van der Waals surface area contributed by atoms with Crippen LogP contribution in [0.1, 0.15) is 18.9 Å². The molecule has 1 aliphatic rings. The number of likely N-dealkylation sites (N-methyl/N-ethyl adjacent to an activating group) is 1. The minimum Gasteiger partial charge on any atom is -0.385 e. The second-order valence-electron chi connectivity index (χ2n) is 5.19. The van der Waals surface area contributed by atoms with Gasteiger partial charge in [0.25, 0.3) is 0 Å². The van der Waals surface area contributed by atoms with Gasteiger partial charge >= 0.3 is 0 Å². The van der Waals surface area contributed by atoms with Crippen LogP contribution in [0.2, 0.25) is 0 Å². The van der Waals surface area contributed by atoms with Crippen molar-refractivity contribution in [1.82, 2.24) is 5.32 Å². The zero-order valence-electron chi connectivity index (χ0n) is 12.0. The Morgan fingerprint density at radius 1 is 1.37 bits per heavy atom. The first-order valence-electron chi connectivity index (χ1n) is 6.93. The second kappa shape index (κ2) is 6.06. The van der Waals surface area contributed by atoms with Crippen LogP contribution in [0.15, 0.2) is 18.2 Å². The average molecular weight is 261 g/mol. The Morgan fingerprint density at radius 3 is 2.84 bits per heavy atom. The Kier molecular flexibility index (Phi) is 4.43. The standard InChI is InChI=1S/C15H23N3O/c1-4-11(9-16-2)10-17-13-5-6-14-12(7-13)8-15(19)18(14)3/h5-7,11,16-17H,4,8-10H2,1-3H3. The van der Waals surface area contributed by atoms with Gasteiger partial charge in [0.15, 0.2) is 0 Å². The highest BCUT2D eigenvalue weighted by atomic mass is 16.2. The monoisotopic (exact) mass is 261 g/mol. The Morgan fingerprint density at radius 2 is 2.16 bits per heavy atom. The molecule has 0 radical (unpaired) electrons. The molecule has 0 spiro atoms. The number of benzene rings is 1. The number of anilines is 2. The van der Waals surface area contributed by atoms with E-state index in [2.05, 4.69) is 29.7 Å². The summed E-state index contributed by atoms with van der Waals surface area (Å²) in [5, 5.41) is 6.69. The molecule has 0 aromatic heterocycles. The number of nitrogens with zero attached hydrogens (tertiary/aromatic N) is 1. The molecule has 1 unspecified atom stereocenters. The Balaban J connectivity index is 2.00. The van der Waals surface area contributed by atoms with Crippen LogP contribution in [0.25, 0.3) is 0 Å². The Hall–Kier alpha value is -1.55. The molecule has 1 heterocycles. The number of fused-ring (bicyclic) bond motifs is 1. The zero-order valence-corrected chi connectivity index (χ0v) is 12.0. The highest BCUT2D eigenvalue weighted by Gasteiger charge is 2.23. The third-order valence-corrected chi connectivity index (χ3v) is 3.82. The van der Waals surface area contributed by atoms with Crippen molar-refractivity contribution in [2.75, 3.05) is 37.4 Å². The first-order valence-corrected chi connectivity index (χ1v) is 6.93. The number of hydrogen-bond donors (Lipinski definition) is 2. The summed E-state index contributed by atoms with van der Waals surface area (Å²) in [6.45, 7) is 4.19. The summed E-state index contributed by atoms with van der Waals surface area (Å²) >= 11 is 0. The maximum absolute atomic E-state index is 11.6. The van der Waals surface area contributed by atoms with E-state index in [0.29, 0.717) is 12.3 Å². The lowest BCUT2D eigenvalue weighted by atomic mass is 10.1. The smallest absolute Gasteiger partial charge is 0.231 e. The fourth-order valence-corrected chi connectivity index (χ4v) is 2.49. The Bertz CT molecular complexity index is 459. The van der Waals surface area contributed by atoms with E-state index in [4.69, 9.17) is 0 Å². The molecule has 0 saturated heterocycles. The minimum atomic E-state index is 0.175. The first-order chi connectivity index (χ1) is 9.15. The number of amides is 1. The third kappa shape index (κ3) is 3.07. The van der Waals surface area contributed by atoms with Crippen molar-refractivity contribution in [3.05, 3.63) is 23.8 Å². The molecule has 0 aliphatic carbocycles. The summed E-state index contributed by atoms with van der Waals surface area (Å²) in [6.07, 6.45) is 1.68. The molecule has 0 bridgehead atoms. The molecule has 1 atom stereocenters. The predicted molar refractivity (Wildman–Crippen MR) is 79.8 cm³/mol. The molecular weight excluding hydrogens is 238 g/mol. The van der Waals surface area contributed by atoms with Crippen molar-refractivity contribution >= 4 is 17.3 Å². The molecule has 2 rings (SSSR count). The zero-order chi connectivity index (χ0) is 13.8. The van der Waals surface area contributed by atoms with E-state index in [-0.39, 0.29) is 5.91 Å². The number of nitrogens with one attached hydrogen (secondary N) is 2. The van der Waals surface area contributed by atoms with Gasteiger partial charge in [0, 0.05) is 25.0 Å². The van der Waals surface area contributed by atoms with Crippen molar-refractivity contribution in [1.29, 1.82) is 0 Å². The van der Waals surface area contributed by atoms with Crippen LogP contribution in [0.5, 0.6) is 0 Å². The number of rotatable bonds is 6. The molecule has 104 valence electrons. The summed E-state index contributed by atoms with van der Waals surface area (Å²) in [5.74, 6) is 0.802. The van der Waals surface area contributed by atoms with E-state index < -0.39 is 0 Å². The van der Waals surface area contributed by atoms with E-state index in [1.165, 1.54) is 0 Å². The highest BCUT2D eigenvalue weighted by Crippen LogP contribution is 2.29. The highest BCUT2D eigenvalue weighted by molar-refractivity contribution is 6.01. The van der Waals surface area contributed by atoms with Gasteiger partial charge in [-0.3, -0.25) is 4.79 Å². The van der Waals surface area contributed by atoms with Gasteiger partial charge in [-0.05, 0) is 43.3 Å². The summed E-state index contributed by atoms with van der Waals surface area (Å²) in [6, 6.07) is 6.18. The predicted octanol–water partition coefficient (Wildman–Crippen LogP) is 1.86. The first kappa shape index (κ1) is 13.9. The van der Waals surface area contributed by atoms with Gasteiger partial charge in [-0.1, -0.05) is 13.3 Å². The van der Waals surface area contributed by atoms with Gasteiger partial charge in [0.05, 0.1) is 6.42 Å². The largest absolute Gasteiger partial charge is 0.385 e. The van der Waals surface area contributed by atoms with E-state index in [0.717, 1.165) is 36.4 Å². The van der Waals surface area contributed by atoms with Gasteiger partial charge in [0.2, 0.25) is 5.91 Å². The number of carbonyl (C=O) groups excluding carboxylic acids is 1. The van der Waals surface area contributed by atoms with Crippen LogP contribution in [0.4, 0.5) is 11.4 Å². The van der Waals surface area contributed by atoms with Gasteiger partial charge < -0.3 is 15.5 Å². The lowest BCUT2D eigenvalue weighted by Gasteiger charge is -2.17. The van der Waals surface area contributed by atoms with Crippen molar-refractivity contribution in [3.8, 4) is 0 Å². The SMILES string of the molecule is CCC(CNC)CNc1ccc2c(c1)CC(=O)N2C. The van der Waals surface area contributed by atoms with Crippen molar-refractivity contribution < 1.29 is 4.79 Å². The fourth-order valence-electron chi connectivity index (χ4n) is 2.49. The lowest BCUT2D eigenvalue weighted by molar-refractivity contribution is -0.117.